The van der Waals surface area contributed by atoms with Crippen LogP contribution < -0.4 is 25.0 Å². The highest BCUT2D eigenvalue weighted by Crippen LogP contribution is 2.36. The van der Waals surface area contributed by atoms with Crippen molar-refractivity contribution in [2.75, 3.05) is 24.7 Å². The first-order chi connectivity index (χ1) is 15.2. The highest BCUT2D eigenvalue weighted by atomic mass is 16.6. The lowest BCUT2D eigenvalue weighted by atomic mass is 9.99. The molecule has 32 heavy (non-hydrogen) atoms. The van der Waals surface area contributed by atoms with Gasteiger partial charge in [0.1, 0.15) is 25.3 Å². The van der Waals surface area contributed by atoms with Crippen molar-refractivity contribution in [1.29, 1.82) is 0 Å². The fraction of sp³-hybridized carbons (Fsp3) is 0.545. The van der Waals surface area contributed by atoms with Crippen LogP contribution in [0.2, 0.25) is 0 Å². The van der Waals surface area contributed by atoms with Crippen LogP contribution in [0.1, 0.15) is 33.6 Å². The summed E-state index contributed by atoms with van der Waals surface area (Å²) in [5.41, 5.74) is 0.609. The van der Waals surface area contributed by atoms with Gasteiger partial charge in [-0.1, -0.05) is 20.3 Å². The Morgan fingerprint density at radius 1 is 1.16 bits per heavy atom. The van der Waals surface area contributed by atoms with Crippen molar-refractivity contribution in [3.8, 4) is 11.5 Å². The van der Waals surface area contributed by atoms with E-state index in [1.165, 1.54) is 11.8 Å². The SMILES string of the molecule is CCC(C)C(NC(=O)C(C)NC(=O)C1CC(=O)N(c2ccc3c(c2)OCCO3)C1)C(=O)O. The normalized spacial score (nSPS) is 20.3. The van der Waals surface area contributed by atoms with Gasteiger partial charge in [0.05, 0.1) is 5.92 Å². The highest BCUT2D eigenvalue weighted by Gasteiger charge is 2.37. The smallest absolute Gasteiger partial charge is 0.326 e. The molecule has 10 heteroatoms. The largest absolute Gasteiger partial charge is 0.486 e. The molecule has 0 aromatic heterocycles. The van der Waals surface area contributed by atoms with Crippen molar-refractivity contribution < 1.29 is 33.8 Å². The number of fused-ring (bicyclic) bond motifs is 1. The third kappa shape index (κ3) is 5.12. The van der Waals surface area contributed by atoms with Crippen molar-refractivity contribution in [1.82, 2.24) is 10.6 Å². The van der Waals surface area contributed by atoms with Crippen molar-refractivity contribution in [2.24, 2.45) is 11.8 Å². The predicted octanol–water partition coefficient (Wildman–Crippen LogP) is 0.931. The van der Waals surface area contributed by atoms with Gasteiger partial charge >= 0.3 is 5.97 Å². The van der Waals surface area contributed by atoms with E-state index in [0.29, 0.717) is 36.8 Å². The van der Waals surface area contributed by atoms with Crippen LogP contribution in [0.3, 0.4) is 0 Å². The quantitative estimate of drug-likeness (QED) is 0.540. The minimum Gasteiger partial charge on any atom is -0.486 e. The molecule has 4 unspecified atom stereocenters. The van der Waals surface area contributed by atoms with E-state index in [1.807, 2.05) is 6.92 Å². The second kappa shape index (κ2) is 9.88. The van der Waals surface area contributed by atoms with Gasteiger partial charge in [-0.25, -0.2) is 4.79 Å². The summed E-state index contributed by atoms with van der Waals surface area (Å²) < 4.78 is 11.0. The first-order valence-corrected chi connectivity index (χ1v) is 10.7. The van der Waals surface area contributed by atoms with Gasteiger partial charge < -0.3 is 30.1 Å². The topological polar surface area (TPSA) is 134 Å². The number of carboxylic acids is 1. The van der Waals surface area contributed by atoms with Crippen LogP contribution in [0.4, 0.5) is 5.69 Å². The number of amides is 3. The van der Waals surface area contributed by atoms with Gasteiger partial charge in [-0.2, -0.15) is 0 Å². The van der Waals surface area contributed by atoms with Crippen LogP contribution in [-0.4, -0.2) is 60.6 Å². The molecule has 1 aromatic carbocycles. The molecule has 0 spiro atoms. The van der Waals surface area contributed by atoms with Crippen molar-refractivity contribution in [2.45, 2.75) is 45.7 Å². The van der Waals surface area contributed by atoms with Crippen LogP contribution in [0.5, 0.6) is 11.5 Å². The number of benzene rings is 1. The van der Waals surface area contributed by atoms with E-state index in [4.69, 9.17) is 9.47 Å². The molecule has 3 N–H and O–H groups in total. The third-order valence-corrected chi connectivity index (χ3v) is 5.86. The van der Waals surface area contributed by atoms with Crippen LogP contribution >= 0.6 is 0 Å². The van der Waals surface area contributed by atoms with E-state index in [1.54, 1.807) is 25.1 Å². The number of hydrogen-bond acceptors (Lipinski definition) is 6. The van der Waals surface area contributed by atoms with Gasteiger partial charge in [-0.15, -0.1) is 0 Å². The molecule has 3 amide bonds. The molecule has 174 valence electrons. The molecule has 10 nitrogen and oxygen atoms in total. The molecule has 1 aromatic rings. The number of nitrogens with zero attached hydrogens (tertiary/aromatic N) is 1. The van der Waals surface area contributed by atoms with Gasteiger partial charge in [-0.05, 0) is 25.0 Å². The second-order valence-corrected chi connectivity index (χ2v) is 8.17. The number of aliphatic carboxylic acids is 1. The number of carboxylic acid groups (broad SMARTS) is 1. The Labute approximate surface area is 186 Å². The molecule has 2 aliphatic rings. The molecular formula is C22H29N3O7. The molecule has 0 saturated carbocycles. The van der Waals surface area contributed by atoms with E-state index >= 15 is 0 Å². The summed E-state index contributed by atoms with van der Waals surface area (Å²) in [4.78, 5) is 50.6. The zero-order valence-electron chi connectivity index (χ0n) is 18.4. The molecular weight excluding hydrogens is 418 g/mol. The van der Waals surface area contributed by atoms with E-state index < -0.39 is 35.8 Å². The summed E-state index contributed by atoms with van der Waals surface area (Å²) in [5.74, 6) is -2.08. The lowest BCUT2D eigenvalue weighted by Gasteiger charge is -2.23. The number of nitrogens with one attached hydrogen (secondary N) is 2. The number of carbonyl (C=O) groups is 4. The summed E-state index contributed by atoms with van der Waals surface area (Å²) in [6.07, 6.45) is 0.594. The Hall–Kier alpha value is -3.30. The molecule has 0 bridgehead atoms. The number of ether oxygens (including phenoxy) is 2. The van der Waals surface area contributed by atoms with Crippen LogP contribution in [0.25, 0.3) is 0 Å². The summed E-state index contributed by atoms with van der Waals surface area (Å²) in [6, 6.07) is 3.21. The van der Waals surface area contributed by atoms with Crippen LogP contribution in [-0.2, 0) is 19.2 Å². The molecule has 0 aliphatic carbocycles. The molecule has 2 aliphatic heterocycles. The number of hydrogen-bond donors (Lipinski definition) is 3. The summed E-state index contributed by atoms with van der Waals surface area (Å²) >= 11 is 0. The molecule has 1 fully saturated rings. The minimum absolute atomic E-state index is 0.0131. The number of rotatable bonds is 8. The number of carbonyl (C=O) groups excluding carboxylic acids is 3. The maximum atomic E-state index is 12.7. The van der Waals surface area contributed by atoms with Crippen LogP contribution in [0.15, 0.2) is 18.2 Å². The Balaban J connectivity index is 1.59. The Bertz CT molecular complexity index is 904. The standard InChI is InChI=1S/C22H29N3O7/c1-4-12(2)19(22(29)30)24-20(27)13(3)23-21(28)14-9-18(26)25(11-14)15-5-6-16-17(10-15)32-8-7-31-16/h5-6,10,12-14,19H,4,7-9,11H2,1-3H3,(H,23,28)(H,24,27)(H,29,30). The third-order valence-electron chi connectivity index (χ3n) is 5.86. The summed E-state index contributed by atoms with van der Waals surface area (Å²) in [6.45, 7) is 6.12. The highest BCUT2D eigenvalue weighted by molar-refractivity contribution is 6.01. The van der Waals surface area contributed by atoms with Gasteiger partial charge in [-0.3, -0.25) is 14.4 Å². The van der Waals surface area contributed by atoms with E-state index in [0.717, 1.165) is 0 Å². The maximum absolute atomic E-state index is 12.7. The first kappa shape index (κ1) is 23.4. The number of anilines is 1. The Morgan fingerprint density at radius 3 is 2.50 bits per heavy atom. The summed E-state index contributed by atoms with van der Waals surface area (Å²) in [7, 11) is 0. The van der Waals surface area contributed by atoms with E-state index in [9.17, 15) is 24.3 Å². The monoisotopic (exact) mass is 447 g/mol. The lowest BCUT2D eigenvalue weighted by Crippen LogP contribution is -2.53. The molecule has 1 saturated heterocycles. The first-order valence-electron chi connectivity index (χ1n) is 10.7. The van der Waals surface area contributed by atoms with Gasteiger partial charge in [0.25, 0.3) is 0 Å². The van der Waals surface area contributed by atoms with Crippen molar-refractivity contribution in [3.63, 3.8) is 0 Å². The Kier molecular flexibility index (Phi) is 7.22. The zero-order valence-corrected chi connectivity index (χ0v) is 18.4. The van der Waals surface area contributed by atoms with Crippen molar-refractivity contribution in [3.05, 3.63) is 18.2 Å². The summed E-state index contributed by atoms with van der Waals surface area (Å²) in [5, 5.41) is 14.4. The molecule has 0 radical (unpaired) electrons. The predicted molar refractivity (Wildman–Crippen MR) is 115 cm³/mol. The van der Waals surface area contributed by atoms with E-state index in [-0.39, 0.29) is 24.8 Å². The van der Waals surface area contributed by atoms with Crippen molar-refractivity contribution >= 4 is 29.4 Å². The van der Waals surface area contributed by atoms with Gasteiger partial charge in [0.15, 0.2) is 11.5 Å². The lowest BCUT2D eigenvalue weighted by molar-refractivity contribution is -0.143. The fourth-order valence-electron chi connectivity index (χ4n) is 3.69. The van der Waals surface area contributed by atoms with Gasteiger partial charge in [0.2, 0.25) is 17.7 Å². The molecule has 3 rings (SSSR count). The molecule has 4 atom stereocenters. The average Bonchev–Trinajstić information content (AvgIpc) is 3.17. The average molecular weight is 447 g/mol. The Morgan fingerprint density at radius 2 is 1.84 bits per heavy atom. The maximum Gasteiger partial charge on any atom is 0.326 e. The minimum atomic E-state index is -1.12. The molecule has 2 heterocycles. The van der Waals surface area contributed by atoms with E-state index in [2.05, 4.69) is 10.6 Å². The van der Waals surface area contributed by atoms with Gasteiger partial charge in [0, 0.05) is 24.7 Å². The fourth-order valence-corrected chi connectivity index (χ4v) is 3.69. The second-order valence-electron chi connectivity index (χ2n) is 8.17. The zero-order chi connectivity index (χ0) is 23.4. The van der Waals surface area contributed by atoms with Crippen LogP contribution in [0, 0.1) is 11.8 Å².